The highest BCUT2D eigenvalue weighted by atomic mass is 19.1. The summed E-state index contributed by atoms with van der Waals surface area (Å²) in [5, 5.41) is 27.7. The second kappa shape index (κ2) is 18.7. The minimum atomic E-state index is -0.823. The molecule has 0 saturated carbocycles. The van der Waals surface area contributed by atoms with E-state index in [1.807, 2.05) is 97.4 Å². The SMILES string of the molecule is CCn1cc(Cc2cc(OC)nn2-c2ccc(F)cc2[C@@H](C)O)cn1.CCn1cc(Cc2cc(OC)nn2-c2ccc(F)cc2[C@@H](C)OCc2ccccc2)cn1. The van der Waals surface area contributed by atoms with Crippen molar-refractivity contribution in [2.75, 3.05) is 14.2 Å². The summed E-state index contributed by atoms with van der Waals surface area (Å²) >= 11 is 0. The van der Waals surface area contributed by atoms with E-state index in [-0.39, 0.29) is 11.9 Å². The molecule has 57 heavy (non-hydrogen) atoms. The number of aliphatic hydroxyl groups is 1. The molecule has 0 aliphatic carbocycles. The highest BCUT2D eigenvalue weighted by Crippen LogP contribution is 2.30. The number of aryl methyl sites for hydroxylation is 2. The second-order valence-electron chi connectivity index (χ2n) is 13.5. The largest absolute Gasteiger partial charge is 0.480 e. The monoisotopic (exact) mass is 778 g/mol. The van der Waals surface area contributed by atoms with Crippen LogP contribution in [0.3, 0.4) is 0 Å². The van der Waals surface area contributed by atoms with Crippen LogP contribution < -0.4 is 9.47 Å². The van der Waals surface area contributed by atoms with E-state index in [0.717, 1.165) is 52.4 Å². The van der Waals surface area contributed by atoms with Crippen molar-refractivity contribution in [3.05, 3.63) is 154 Å². The summed E-state index contributed by atoms with van der Waals surface area (Å²) in [6.07, 6.45) is 7.70. The first-order valence-electron chi connectivity index (χ1n) is 18.8. The Hall–Kier alpha value is -6.12. The normalized spacial score (nSPS) is 12.2. The summed E-state index contributed by atoms with van der Waals surface area (Å²) in [6, 6.07) is 22.6. The molecule has 0 aliphatic rings. The van der Waals surface area contributed by atoms with Crippen molar-refractivity contribution in [2.24, 2.45) is 0 Å². The lowest BCUT2D eigenvalue weighted by atomic mass is 10.1. The molecule has 0 fully saturated rings. The van der Waals surface area contributed by atoms with Crippen molar-refractivity contribution < 1.29 is 28.1 Å². The van der Waals surface area contributed by atoms with Crippen molar-refractivity contribution in [3.63, 3.8) is 0 Å². The van der Waals surface area contributed by atoms with Gasteiger partial charge in [0.05, 0.1) is 68.2 Å². The third-order valence-corrected chi connectivity index (χ3v) is 9.40. The van der Waals surface area contributed by atoms with Crippen molar-refractivity contribution >= 4 is 0 Å². The van der Waals surface area contributed by atoms with Gasteiger partial charge in [-0.05, 0) is 80.8 Å². The van der Waals surface area contributed by atoms with Crippen LogP contribution >= 0.6 is 0 Å². The van der Waals surface area contributed by atoms with Crippen molar-refractivity contribution in [3.8, 4) is 23.1 Å². The number of aliphatic hydroxyl groups excluding tert-OH is 1. The number of hydrogen-bond donors (Lipinski definition) is 1. The Morgan fingerprint density at radius 1 is 0.649 bits per heavy atom. The van der Waals surface area contributed by atoms with Gasteiger partial charge in [-0.1, -0.05) is 30.3 Å². The van der Waals surface area contributed by atoms with E-state index >= 15 is 0 Å². The molecule has 4 aromatic heterocycles. The standard InChI is InChI=1S/C25H27FN4O2.C18H21FN4O2/c1-4-29-16-20(15-27-29)12-22-14-25(31-3)28-30(22)24-11-10-21(26)13-23(24)18(2)32-17-19-8-6-5-7-9-19;1-4-22-11-13(10-20-22)7-15-9-18(25-3)21-23(15)17-6-5-14(19)8-16(17)12(2)24/h5-11,13-16,18H,4,12,17H2,1-3H3;5-6,8-12,24H,4,7H2,1-3H3/t18-;12-/m11/s1. The minimum Gasteiger partial charge on any atom is -0.480 e. The molecule has 298 valence electrons. The Labute approximate surface area is 330 Å². The molecule has 2 atom stereocenters. The zero-order valence-electron chi connectivity index (χ0n) is 33.0. The third-order valence-electron chi connectivity index (χ3n) is 9.40. The first-order chi connectivity index (χ1) is 27.6. The molecule has 7 aromatic rings. The fourth-order valence-corrected chi connectivity index (χ4v) is 6.40. The number of halogens is 2. The maximum absolute atomic E-state index is 14.2. The van der Waals surface area contributed by atoms with Crippen molar-refractivity contribution in [1.82, 2.24) is 39.1 Å². The molecule has 0 bridgehead atoms. The van der Waals surface area contributed by atoms with E-state index in [1.54, 1.807) is 42.6 Å². The lowest BCUT2D eigenvalue weighted by molar-refractivity contribution is 0.0522. The summed E-state index contributed by atoms with van der Waals surface area (Å²) in [5.74, 6) is 0.239. The van der Waals surface area contributed by atoms with Gasteiger partial charge in [0.15, 0.2) is 0 Å². The Kier molecular flexibility index (Phi) is 13.3. The van der Waals surface area contributed by atoms with Gasteiger partial charge in [0, 0.05) is 61.6 Å². The highest BCUT2D eigenvalue weighted by Gasteiger charge is 2.20. The number of rotatable bonds is 15. The summed E-state index contributed by atoms with van der Waals surface area (Å²) in [6.45, 7) is 9.64. The lowest BCUT2D eigenvalue weighted by Crippen LogP contribution is -2.10. The van der Waals surface area contributed by atoms with Crippen LogP contribution in [0.2, 0.25) is 0 Å². The molecule has 0 unspecified atom stereocenters. The molecule has 4 heterocycles. The Bertz CT molecular complexity index is 2370. The first-order valence-corrected chi connectivity index (χ1v) is 18.8. The van der Waals surface area contributed by atoms with Crippen LogP contribution in [0.25, 0.3) is 11.4 Å². The van der Waals surface area contributed by atoms with Crippen LogP contribution in [-0.4, -0.2) is 58.4 Å². The van der Waals surface area contributed by atoms with Crippen LogP contribution in [0.4, 0.5) is 8.78 Å². The van der Waals surface area contributed by atoms with E-state index in [0.29, 0.717) is 42.5 Å². The topological polar surface area (TPSA) is 119 Å². The van der Waals surface area contributed by atoms with Gasteiger partial charge in [-0.2, -0.15) is 10.2 Å². The van der Waals surface area contributed by atoms with E-state index < -0.39 is 11.9 Å². The van der Waals surface area contributed by atoms with Crippen molar-refractivity contribution in [2.45, 2.75) is 72.4 Å². The van der Waals surface area contributed by atoms with Gasteiger partial charge in [-0.3, -0.25) is 9.36 Å². The van der Waals surface area contributed by atoms with Crippen LogP contribution in [-0.2, 0) is 37.3 Å². The molecular weight excluding hydrogens is 731 g/mol. The van der Waals surface area contributed by atoms with Gasteiger partial charge < -0.3 is 19.3 Å². The maximum atomic E-state index is 14.2. The number of benzene rings is 3. The zero-order valence-corrected chi connectivity index (χ0v) is 33.0. The van der Waals surface area contributed by atoms with Crippen molar-refractivity contribution in [1.29, 1.82) is 0 Å². The number of hydrogen-bond acceptors (Lipinski definition) is 8. The summed E-state index contributed by atoms with van der Waals surface area (Å²) in [4.78, 5) is 0. The van der Waals surface area contributed by atoms with Crippen LogP contribution in [0.1, 0.15) is 79.1 Å². The average Bonchev–Trinajstić information content (AvgIpc) is 4.05. The highest BCUT2D eigenvalue weighted by molar-refractivity contribution is 5.46. The fourth-order valence-electron chi connectivity index (χ4n) is 6.40. The maximum Gasteiger partial charge on any atom is 0.233 e. The van der Waals surface area contributed by atoms with Crippen LogP contribution in [0.15, 0.2) is 104 Å². The van der Waals surface area contributed by atoms with Crippen LogP contribution in [0.5, 0.6) is 11.8 Å². The Morgan fingerprint density at radius 3 is 1.60 bits per heavy atom. The summed E-state index contributed by atoms with van der Waals surface area (Å²) in [5.41, 5.74) is 7.51. The zero-order chi connectivity index (χ0) is 40.5. The average molecular weight is 779 g/mol. The molecule has 0 aliphatic heterocycles. The van der Waals surface area contributed by atoms with Gasteiger partial charge in [0.2, 0.25) is 11.8 Å². The fraction of sp³-hybridized carbons (Fsp3) is 0.302. The predicted octanol–water partition coefficient (Wildman–Crippen LogP) is 7.99. The smallest absolute Gasteiger partial charge is 0.233 e. The molecule has 0 saturated heterocycles. The molecule has 12 nitrogen and oxygen atoms in total. The lowest BCUT2D eigenvalue weighted by Gasteiger charge is -2.19. The first kappa shape index (κ1) is 40.5. The molecule has 0 spiro atoms. The minimum absolute atomic E-state index is 0.316. The molecule has 14 heteroatoms. The van der Waals surface area contributed by atoms with E-state index in [2.05, 4.69) is 20.4 Å². The number of aromatic nitrogens is 8. The van der Waals surface area contributed by atoms with Gasteiger partial charge in [0.25, 0.3) is 0 Å². The molecular formula is C43H48F2N8O4. The summed E-state index contributed by atoms with van der Waals surface area (Å²) < 4.78 is 51.8. The Morgan fingerprint density at radius 2 is 1.14 bits per heavy atom. The second-order valence-corrected chi connectivity index (χ2v) is 13.5. The van der Waals surface area contributed by atoms with E-state index in [4.69, 9.17) is 14.2 Å². The molecule has 3 aromatic carbocycles. The van der Waals surface area contributed by atoms with E-state index in [9.17, 15) is 13.9 Å². The van der Waals surface area contributed by atoms with Gasteiger partial charge in [-0.15, -0.1) is 10.2 Å². The third kappa shape index (κ3) is 10.0. The van der Waals surface area contributed by atoms with Gasteiger partial charge in [-0.25, -0.2) is 18.1 Å². The van der Waals surface area contributed by atoms with E-state index in [1.165, 1.54) is 24.3 Å². The number of nitrogens with zero attached hydrogens (tertiary/aromatic N) is 8. The molecule has 1 N–H and O–H groups in total. The predicted molar refractivity (Wildman–Crippen MR) is 212 cm³/mol. The summed E-state index contributed by atoms with van der Waals surface area (Å²) in [7, 11) is 3.13. The number of ether oxygens (including phenoxy) is 3. The quantitative estimate of drug-likeness (QED) is 0.111. The molecule has 7 rings (SSSR count). The van der Waals surface area contributed by atoms with Gasteiger partial charge >= 0.3 is 0 Å². The molecule has 0 radical (unpaired) electrons. The Balaban J connectivity index is 0.000000199. The van der Waals surface area contributed by atoms with Gasteiger partial charge in [0.1, 0.15) is 11.6 Å². The molecule has 0 amide bonds. The number of methoxy groups -OCH3 is 2. The van der Waals surface area contributed by atoms with Crippen LogP contribution in [0, 0.1) is 11.6 Å².